The van der Waals surface area contributed by atoms with Crippen molar-refractivity contribution in [2.75, 3.05) is 0 Å². The van der Waals surface area contributed by atoms with E-state index in [0.717, 1.165) is 37.8 Å². The normalized spacial score (nSPS) is 13.0. The van der Waals surface area contributed by atoms with Crippen molar-refractivity contribution in [3.63, 3.8) is 0 Å². The molecule has 1 unspecified atom stereocenters. The number of carbonyl (C=O) groups is 1. The monoisotopic (exact) mass is 316 g/mol. The second-order valence-corrected chi connectivity index (χ2v) is 6.59. The van der Waals surface area contributed by atoms with Crippen LogP contribution in [0.2, 0.25) is 0 Å². The van der Waals surface area contributed by atoms with Crippen LogP contribution >= 0.6 is 0 Å². The predicted octanol–water partition coefficient (Wildman–Crippen LogP) is 2.17. The van der Waals surface area contributed by atoms with Gasteiger partial charge in [-0.25, -0.2) is 17.9 Å². The van der Waals surface area contributed by atoms with Gasteiger partial charge in [-0.2, -0.15) is 0 Å². The summed E-state index contributed by atoms with van der Waals surface area (Å²) < 4.78 is 35.9. The van der Waals surface area contributed by atoms with Gasteiger partial charge in [0.1, 0.15) is 10.7 Å². The van der Waals surface area contributed by atoms with E-state index in [1.54, 1.807) is 0 Å². The van der Waals surface area contributed by atoms with Gasteiger partial charge in [-0.15, -0.1) is 0 Å². The average molecular weight is 316 g/mol. The standard InChI is InChI=1S/C14H21FN2O3S/c1-3-4-5-6-10(2)17-14(18)11-7-8-12(15)13(9-11)21(16,19)20/h7-10H,3-6H2,1-2H3,(H,17,18)(H2,16,19,20). The molecule has 0 aliphatic heterocycles. The lowest BCUT2D eigenvalue weighted by Gasteiger charge is -2.14. The fourth-order valence-corrected chi connectivity index (χ4v) is 2.57. The van der Waals surface area contributed by atoms with Gasteiger partial charge < -0.3 is 5.32 Å². The highest BCUT2D eigenvalue weighted by molar-refractivity contribution is 7.89. The third-order valence-corrected chi connectivity index (χ3v) is 4.04. The minimum atomic E-state index is -4.19. The first kappa shape index (κ1) is 17.6. The van der Waals surface area contributed by atoms with Crippen LogP contribution in [0, 0.1) is 5.82 Å². The molecule has 0 fully saturated rings. The number of nitrogens with one attached hydrogen (secondary N) is 1. The maximum absolute atomic E-state index is 13.4. The highest BCUT2D eigenvalue weighted by Gasteiger charge is 2.18. The number of hydrogen-bond acceptors (Lipinski definition) is 3. The number of unbranched alkanes of at least 4 members (excludes halogenated alkanes) is 2. The number of nitrogens with two attached hydrogens (primary N) is 1. The van der Waals surface area contributed by atoms with Crippen LogP contribution in [0.1, 0.15) is 49.9 Å². The van der Waals surface area contributed by atoms with Crippen molar-refractivity contribution in [2.45, 2.75) is 50.5 Å². The topological polar surface area (TPSA) is 89.3 Å². The SMILES string of the molecule is CCCCCC(C)NC(=O)c1ccc(F)c(S(N)(=O)=O)c1. The molecule has 1 aromatic rings. The molecule has 7 heteroatoms. The van der Waals surface area contributed by atoms with E-state index in [1.165, 1.54) is 6.07 Å². The lowest BCUT2D eigenvalue weighted by Crippen LogP contribution is -2.32. The third kappa shape index (κ3) is 5.43. The van der Waals surface area contributed by atoms with Crippen molar-refractivity contribution in [1.29, 1.82) is 0 Å². The van der Waals surface area contributed by atoms with E-state index in [9.17, 15) is 17.6 Å². The lowest BCUT2D eigenvalue weighted by molar-refractivity contribution is 0.0937. The number of benzene rings is 1. The van der Waals surface area contributed by atoms with Crippen LogP contribution in [0.5, 0.6) is 0 Å². The van der Waals surface area contributed by atoms with E-state index in [-0.39, 0.29) is 11.6 Å². The minimum Gasteiger partial charge on any atom is -0.350 e. The Morgan fingerprint density at radius 2 is 2.05 bits per heavy atom. The summed E-state index contributed by atoms with van der Waals surface area (Å²) in [6, 6.07) is 3.08. The summed E-state index contributed by atoms with van der Waals surface area (Å²) in [6.45, 7) is 3.97. The fraction of sp³-hybridized carbons (Fsp3) is 0.500. The number of primary sulfonamides is 1. The molecule has 0 heterocycles. The Morgan fingerprint density at radius 3 is 2.62 bits per heavy atom. The lowest BCUT2D eigenvalue weighted by atomic mass is 10.1. The van der Waals surface area contributed by atoms with Gasteiger partial charge in [-0.1, -0.05) is 26.2 Å². The molecule has 0 spiro atoms. The van der Waals surface area contributed by atoms with Crippen LogP contribution in [0.25, 0.3) is 0 Å². The summed E-state index contributed by atoms with van der Waals surface area (Å²) in [4.78, 5) is 11.3. The second-order valence-electron chi connectivity index (χ2n) is 5.06. The highest BCUT2D eigenvalue weighted by atomic mass is 32.2. The van der Waals surface area contributed by atoms with E-state index in [1.807, 2.05) is 6.92 Å². The number of amides is 1. The van der Waals surface area contributed by atoms with E-state index in [0.29, 0.717) is 0 Å². The molecule has 0 saturated carbocycles. The van der Waals surface area contributed by atoms with Crippen LogP contribution in [0.15, 0.2) is 23.1 Å². The molecular weight excluding hydrogens is 295 g/mol. The molecule has 21 heavy (non-hydrogen) atoms. The van der Waals surface area contributed by atoms with Gasteiger partial charge in [-0.3, -0.25) is 4.79 Å². The van der Waals surface area contributed by atoms with Gasteiger partial charge in [0.2, 0.25) is 10.0 Å². The van der Waals surface area contributed by atoms with Crippen LogP contribution in [0.3, 0.4) is 0 Å². The van der Waals surface area contributed by atoms with Crippen LogP contribution in [-0.4, -0.2) is 20.4 Å². The van der Waals surface area contributed by atoms with Gasteiger partial charge in [0.15, 0.2) is 0 Å². The van der Waals surface area contributed by atoms with E-state index in [2.05, 4.69) is 12.2 Å². The molecule has 0 aromatic heterocycles. The van der Waals surface area contributed by atoms with E-state index < -0.39 is 26.6 Å². The molecule has 1 rings (SSSR count). The summed E-state index contributed by atoms with van der Waals surface area (Å²) >= 11 is 0. The Kier molecular flexibility index (Phi) is 6.29. The third-order valence-electron chi connectivity index (χ3n) is 3.12. The second kappa shape index (κ2) is 7.51. The maximum Gasteiger partial charge on any atom is 0.251 e. The summed E-state index contributed by atoms with van der Waals surface area (Å²) in [5.74, 6) is -1.41. The molecule has 0 aliphatic rings. The highest BCUT2D eigenvalue weighted by Crippen LogP contribution is 2.15. The summed E-state index contributed by atoms with van der Waals surface area (Å²) in [7, 11) is -4.19. The Balaban J connectivity index is 2.80. The van der Waals surface area contributed by atoms with Gasteiger partial charge in [0, 0.05) is 11.6 Å². The van der Waals surface area contributed by atoms with Gasteiger partial charge in [-0.05, 0) is 31.5 Å². The molecule has 3 N–H and O–H groups in total. The summed E-state index contributed by atoms with van der Waals surface area (Å²) in [5, 5.41) is 7.67. The van der Waals surface area contributed by atoms with Crippen molar-refractivity contribution in [2.24, 2.45) is 5.14 Å². The van der Waals surface area contributed by atoms with Gasteiger partial charge in [0.05, 0.1) is 0 Å². The molecule has 1 atom stereocenters. The minimum absolute atomic E-state index is 0.0352. The number of carbonyl (C=O) groups excluding carboxylic acids is 1. The van der Waals surface area contributed by atoms with Crippen molar-refractivity contribution >= 4 is 15.9 Å². The molecule has 0 aliphatic carbocycles. The van der Waals surface area contributed by atoms with E-state index in [4.69, 9.17) is 5.14 Å². The molecule has 1 aromatic carbocycles. The Hall–Kier alpha value is -1.47. The largest absolute Gasteiger partial charge is 0.350 e. The Bertz CT molecular complexity index is 602. The molecule has 5 nitrogen and oxygen atoms in total. The smallest absolute Gasteiger partial charge is 0.251 e. The molecule has 0 bridgehead atoms. The molecule has 0 radical (unpaired) electrons. The molecule has 118 valence electrons. The molecule has 0 saturated heterocycles. The zero-order valence-corrected chi connectivity index (χ0v) is 13.0. The Morgan fingerprint density at radius 1 is 1.38 bits per heavy atom. The van der Waals surface area contributed by atoms with Crippen molar-refractivity contribution in [3.05, 3.63) is 29.6 Å². The van der Waals surface area contributed by atoms with Crippen molar-refractivity contribution in [1.82, 2.24) is 5.32 Å². The quantitative estimate of drug-likeness (QED) is 0.755. The molecular formula is C14H21FN2O3S. The first-order valence-corrected chi connectivity index (χ1v) is 8.43. The van der Waals surface area contributed by atoms with Gasteiger partial charge >= 0.3 is 0 Å². The summed E-state index contributed by atoms with van der Waals surface area (Å²) in [5.41, 5.74) is 0.0720. The fourth-order valence-electron chi connectivity index (χ4n) is 1.94. The Labute approximate surface area is 124 Å². The zero-order valence-electron chi connectivity index (χ0n) is 12.2. The average Bonchev–Trinajstić information content (AvgIpc) is 2.38. The first-order valence-electron chi connectivity index (χ1n) is 6.89. The van der Waals surface area contributed by atoms with Gasteiger partial charge in [0.25, 0.3) is 5.91 Å². The number of rotatable bonds is 7. The first-order chi connectivity index (χ1) is 9.75. The predicted molar refractivity (Wildman–Crippen MR) is 78.8 cm³/mol. The van der Waals surface area contributed by atoms with Crippen molar-refractivity contribution < 1.29 is 17.6 Å². The van der Waals surface area contributed by atoms with Crippen molar-refractivity contribution in [3.8, 4) is 0 Å². The van der Waals surface area contributed by atoms with Crippen LogP contribution < -0.4 is 10.5 Å². The van der Waals surface area contributed by atoms with Crippen LogP contribution in [0.4, 0.5) is 4.39 Å². The number of sulfonamides is 1. The zero-order chi connectivity index (χ0) is 16.0. The molecule has 1 amide bonds. The van der Waals surface area contributed by atoms with E-state index >= 15 is 0 Å². The summed E-state index contributed by atoms with van der Waals surface area (Å²) in [6.07, 6.45) is 4.02. The number of hydrogen-bond donors (Lipinski definition) is 2. The number of halogens is 1. The van der Waals surface area contributed by atoms with Crippen LogP contribution in [-0.2, 0) is 10.0 Å². The maximum atomic E-state index is 13.4.